The number of halogens is 1. The summed E-state index contributed by atoms with van der Waals surface area (Å²) >= 11 is 6.07. The molecule has 0 aliphatic heterocycles. The molecule has 0 saturated carbocycles. The second kappa shape index (κ2) is 7.93. The van der Waals surface area contributed by atoms with E-state index >= 15 is 0 Å². The fraction of sp³-hybridized carbons (Fsp3) is 0.316. The Morgan fingerprint density at radius 3 is 2.56 bits per heavy atom. The van der Waals surface area contributed by atoms with E-state index in [1.54, 1.807) is 16.7 Å². The lowest BCUT2D eigenvalue weighted by molar-refractivity contribution is -0.118. The third-order valence-corrected chi connectivity index (χ3v) is 4.33. The summed E-state index contributed by atoms with van der Waals surface area (Å²) < 4.78 is 7.41. The van der Waals surface area contributed by atoms with Gasteiger partial charge in [-0.15, -0.1) is 9.24 Å². The maximum absolute atomic E-state index is 12.4. The smallest absolute Gasteiger partial charge is 0.229 e. The number of imidazole rings is 1. The number of rotatable bonds is 5. The summed E-state index contributed by atoms with van der Waals surface area (Å²) in [4.78, 5) is 21.3. The lowest BCUT2D eigenvalue weighted by Crippen LogP contribution is -2.23. The van der Waals surface area contributed by atoms with Crippen molar-refractivity contribution in [3.63, 3.8) is 0 Å². The molecule has 0 fully saturated rings. The molecule has 1 N–H and O–H groups in total. The van der Waals surface area contributed by atoms with Crippen LogP contribution >= 0.6 is 20.8 Å². The van der Waals surface area contributed by atoms with Crippen LogP contribution in [0.25, 0.3) is 16.9 Å². The number of benzene rings is 1. The van der Waals surface area contributed by atoms with Crippen molar-refractivity contribution in [1.29, 1.82) is 0 Å². The Bertz CT molecular complexity index is 964. The van der Waals surface area contributed by atoms with E-state index in [4.69, 9.17) is 16.3 Å². The minimum Gasteiger partial charge on any atom is -0.375 e. The standard InChI is InChI=1S/C19H22ClN4O2P/c1-19(2,3)26-11-10-16(25)23-18-21-14-8-9-15(20)22-17(14)24(18)12-4-6-13(27)7-5-12/h4-9H,10-11,27H2,1-3H3,(H,21,23,25). The van der Waals surface area contributed by atoms with Crippen molar-refractivity contribution in [2.45, 2.75) is 32.8 Å². The van der Waals surface area contributed by atoms with Crippen LogP contribution in [0.5, 0.6) is 0 Å². The number of amides is 1. The Hall–Kier alpha value is -2.01. The van der Waals surface area contributed by atoms with Gasteiger partial charge in [0.2, 0.25) is 11.9 Å². The van der Waals surface area contributed by atoms with Gasteiger partial charge in [0, 0.05) is 0 Å². The van der Waals surface area contributed by atoms with Gasteiger partial charge in [-0.3, -0.25) is 14.7 Å². The van der Waals surface area contributed by atoms with E-state index in [0.717, 1.165) is 11.0 Å². The Labute approximate surface area is 165 Å². The van der Waals surface area contributed by atoms with Gasteiger partial charge in [0.15, 0.2) is 5.65 Å². The number of nitrogens with zero attached hydrogens (tertiary/aromatic N) is 3. The van der Waals surface area contributed by atoms with Crippen molar-refractivity contribution in [2.75, 3.05) is 11.9 Å². The second-order valence-corrected chi connectivity index (χ2v) is 8.15. The van der Waals surface area contributed by atoms with Crippen molar-refractivity contribution in [2.24, 2.45) is 0 Å². The SMILES string of the molecule is CC(C)(C)OCCC(=O)Nc1nc2ccc(Cl)nc2n1-c1ccc(P)cc1. The van der Waals surface area contributed by atoms with Crippen molar-refractivity contribution >= 4 is 49.2 Å². The van der Waals surface area contributed by atoms with E-state index in [9.17, 15) is 4.79 Å². The lowest BCUT2D eigenvalue weighted by Gasteiger charge is -2.19. The van der Waals surface area contributed by atoms with Crippen LogP contribution in [0.2, 0.25) is 5.15 Å². The van der Waals surface area contributed by atoms with Crippen molar-refractivity contribution in [1.82, 2.24) is 14.5 Å². The summed E-state index contributed by atoms with van der Waals surface area (Å²) in [5.41, 5.74) is 1.78. The van der Waals surface area contributed by atoms with Gasteiger partial charge in [-0.2, -0.15) is 0 Å². The van der Waals surface area contributed by atoms with E-state index in [1.807, 2.05) is 45.0 Å². The van der Waals surface area contributed by atoms with Gasteiger partial charge in [-0.05, 0) is 50.3 Å². The first kappa shape index (κ1) is 19.7. The van der Waals surface area contributed by atoms with Gasteiger partial charge < -0.3 is 4.74 Å². The number of nitrogens with one attached hydrogen (secondary N) is 1. The fourth-order valence-corrected chi connectivity index (χ4v) is 2.86. The summed E-state index contributed by atoms with van der Waals surface area (Å²) in [5.74, 6) is 0.224. The minimum absolute atomic E-state index is 0.176. The monoisotopic (exact) mass is 404 g/mol. The van der Waals surface area contributed by atoms with Crippen LogP contribution in [0.4, 0.5) is 5.95 Å². The first-order valence-corrected chi connectivity index (χ1v) is 9.53. The van der Waals surface area contributed by atoms with Crippen LogP contribution in [-0.2, 0) is 9.53 Å². The normalized spacial score (nSPS) is 11.7. The van der Waals surface area contributed by atoms with Gasteiger partial charge in [-0.25, -0.2) is 9.97 Å². The maximum atomic E-state index is 12.4. The number of carbonyl (C=O) groups is 1. The summed E-state index contributed by atoms with van der Waals surface area (Å²) in [6, 6.07) is 11.2. The molecule has 27 heavy (non-hydrogen) atoms. The molecule has 1 unspecified atom stereocenters. The number of aromatic nitrogens is 3. The number of hydrogen-bond donors (Lipinski definition) is 1. The Kier molecular flexibility index (Phi) is 5.80. The molecule has 0 radical (unpaired) electrons. The quantitative estimate of drug-likeness (QED) is 0.520. The zero-order valence-corrected chi connectivity index (χ0v) is 17.4. The largest absolute Gasteiger partial charge is 0.375 e. The van der Waals surface area contributed by atoms with Crippen LogP contribution in [0, 0.1) is 0 Å². The molecular weight excluding hydrogens is 383 g/mol. The third kappa shape index (κ3) is 5.04. The van der Waals surface area contributed by atoms with Gasteiger partial charge in [0.05, 0.1) is 24.3 Å². The average Bonchev–Trinajstić information content (AvgIpc) is 2.91. The highest BCUT2D eigenvalue weighted by molar-refractivity contribution is 7.27. The minimum atomic E-state index is -0.284. The maximum Gasteiger partial charge on any atom is 0.229 e. The topological polar surface area (TPSA) is 69.0 Å². The molecule has 142 valence electrons. The molecule has 1 atom stereocenters. The molecule has 0 aliphatic carbocycles. The summed E-state index contributed by atoms with van der Waals surface area (Å²) in [6.07, 6.45) is 0.235. The molecule has 6 nitrogen and oxygen atoms in total. The molecule has 0 spiro atoms. The predicted molar refractivity (Wildman–Crippen MR) is 112 cm³/mol. The number of hydrogen-bond acceptors (Lipinski definition) is 4. The molecule has 0 aliphatic rings. The van der Waals surface area contributed by atoms with Gasteiger partial charge in [-0.1, -0.05) is 23.7 Å². The first-order chi connectivity index (χ1) is 12.7. The number of ether oxygens (including phenoxy) is 1. The van der Waals surface area contributed by atoms with Crippen LogP contribution in [0.3, 0.4) is 0 Å². The highest BCUT2D eigenvalue weighted by Gasteiger charge is 2.17. The molecule has 8 heteroatoms. The number of carbonyl (C=O) groups excluding carboxylic acids is 1. The molecule has 1 amide bonds. The van der Waals surface area contributed by atoms with Gasteiger partial charge in [0.1, 0.15) is 10.7 Å². The first-order valence-electron chi connectivity index (χ1n) is 8.58. The predicted octanol–water partition coefficient (Wildman–Crippen LogP) is 3.72. The van der Waals surface area contributed by atoms with E-state index in [-0.39, 0.29) is 17.9 Å². The van der Waals surface area contributed by atoms with Crippen molar-refractivity contribution < 1.29 is 9.53 Å². The van der Waals surface area contributed by atoms with E-state index in [2.05, 4.69) is 24.5 Å². The summed E-state index contributed by atoms with van der Waals surface area (Å²) in [6.45, 7) is 6.20. The average molecular weight is 405 g/mol. The highest BCUT2D eigenvalue weighted by Crippen LogP contribution is 2.25. The fourth-order valence-electron chi connectivity index (χ4n) is 2.52. The highest BCUT2D eigenvalue weighted by atomic mass is 35.5. The zero-order valence-electron chi connectivity index (χ0n) is 15.5. The molecular formula is C19H22ClN4O2P. The number of pyridine rings is 1. The number of anilines is 1. The molecule has 1 aromatic carbocycles. The zero-order chi connectivity index (χ0) is 19.6. The van der Waals surface area contributed by atoms with Gasteiger partial charge in [0.25, 0.3) is 0 Å². The van der Waals surface area contributed by atoms with Crippen LogP contribution < -0.4 is 10.6 Å². The molecule has 3 aromatic rings. The summed E-state index contributed by atoms with van der Waals surface area (Å²) in [5, 5.41) is 4.28. The van der Waals surface area contributed by atoms with Crippen LogP contribution in [-0.4, -0.2) is 32.7 Å². The third-order valence-electron chi connectivity index (χ3n) is 3.74. The van der Waals surface area contributed by atoms with E-state index < -0.39 is 0 Å². The molecule has 3 rings (SSSR count). The summed E-state index contributed by atoms with van der Waals surface area (Å²) in [7, 11) is 2.64. The second-order valence-electron chi connectivity index (χ2n) is 7.10. The lowest BCUT2D eigenvalue weighted by atomic mass is 10.2. The Morgan fingerprint density at radius 2 is 1.89 bits per heavy atom. The molecule has 2 heterocycles. The number of fused-ring (bicyclic) bond motifs is 1. The van der Waals surface area contributed by atoms with E-state index in [0.29, 0.717) is 28.9 Å². The Balaban J connectivity index is 1.91. The Morgan fingerprint density at radius 1 is 1.19 bits per heavy atom. The van der Waals surface area contributed by atoms with Gasteiger partial charge >= 0.3 is 0 Å². The van der Waals surface area contributed by atoms with Crippen molar-refractivity contribution in [3.8, 4) is 5.69 Å². The van der Waals surface area contributed by atoms with Crippen LogP contribution in [0.15, 0.2) is 36.4 Å². The molecule has 2 aromatic heterocycles. The molecule has 0 saturated heterocycles. The van der Waals surface area contributed by atoms with Crippen LogP contribution in [0.1, 0.15) is 27.2 Å². The van der Waals surface area contributed by atoms with E-state index in [1.165, 1.54) is 0 Å². The van der Waals surface area contributed by atoms with Crippen molar-refractivity contribution in [3.05, 3.63) is 41.6 Å². The molecule has 0 bridgehead atoms.